The van der Waals surface area contributed by atoms with E-state index in [9.17, 15) is 4.39 Å². The van der Waals surface area contributed by atoms with E-state index >= 15 is 0 Å². The van der Waals surface area contributed by atoms with Gasteiger partial charge in [0.1, 0.15) is 6.17 Å². The van der Waals surface area contributed by atoms with E-state index in [1.165, 1.54) is 0 Å². The second-order valence-corrected chi connectivity index (χ2v) is 6.24. The summed E-state index contributed by atoms with van der Waals surface area (Å²) in [5, 5.41) is 3.07. The molecular formula is C14H27FN4O. The fourth-order valence-corrected chi connectivity index (χ4v) is 3.89. The Morgan fingerprint density at radius 1 is 1.00 bits per heavy atom. The largest absolute Gasteiger partial charge is 0.379 e. The second kappa shape index (κ2) is 6.66. The molecule has 0 spiro atoms. The standard InChI is InChI=1S/C14H27FN4O/c15-12-9-17-10-13(16)14(12)19-3-1-11(2-4-19)18-5-7-20-8-6-18/h11-14,17H,1-10,16H2. The average Bonchev–Trinajstić information content (AvgIpc) is 2.49. The quantitative estimate of drug-likeness (QED) is 0.711. The molecule has 3 fully saturated rings. The lowest BCUT2D eigenvalue weighted by Crippen LogP contribution is -2.64. The number of rotatable bonds is 2. The summed E-state index contributed by atoms with van der Waals surface area (Å²) in [6.07, 6.45) is 1.42. The highest BCUT2D eigenvalue weighted by Crippen LogP contribution is 2.23. The molecule has 0 amide bonds. The van der Waals surface area contributed by atoms with Gasteiger partial charge in [0.15, 0.2) is 0 Å². The van der Waals surface area contributed by atoms with Crippen LogP contribution in [0.2, 0.25) is 0 Å². The molecule has 0 aromatic rings. The maximum Gasteiger partial charge on any atom is 0.129 e. The molecule has 3 atom stereocenters. The number of hydrogen-bond donors (Lipinski definition) is 2. The molecular weight excluding hydrogens is 259 g/mol. The van der Waals surface area contributed by atoms with Crippen molar-refractivity contribution in [2.24, 2.45) is 5.73 Å². The van der Waals surface area contributed by atoms with Gasteiger partial charge in [-0.2, -0.15) is 0 Å². The number of piperidine rings is 2. The van der Waals surface area contributed by atoms with Crippen molar-refractivity contribution >= 4 is 0 Å². The Bertz CT molecular complexity index is 296. The summed E-state index contributed by atoms with van der Waals surface area (Å²) in [6, 6.07) is 0.465. The van der Waals surface area contributed by atoms with Gasteiger partial charge in [-0.1, -0.05) is 0 Å². The second-order valence-electron chi connectivity index (χ2n) is 6.24. The van der Waals surface area contributed by atoms with Gasteiger partial charge in [-0.15, -0.1) is 0 Å². The maximum absolute atomic E-state index is 14.1. The minimum atomic E-state index is -0.835. The van der Waals surface area contributed by atoms with Crippen molar-refractivity contribution in [2.45, 2.75) is 37.1 Å². The lowest BCUT2D eigenvalue weighted by Gasteiger charge is -2.46. The number of hydrogen-bond acceptors (Lipinski definition) is 5. The van der Waals surface area contributed by atoms with E-state index in [0.717, 1.165) is 58.8 Å². The molecule has 3 unspecified atom stereocenters. The van der Waals surface area contributed by atoms with Crippen molar-refractivity contribution in [1.29, 1.82) is 0 Å². The molecule has 3 aliphatic heterocycles. The highest BCUT2D eigenvalue weighted by Gasteiger charge is 2.38. The van der Waals surface area contributed by atoms with Crippen LogP contribution in [0, 0.1) is 0 Å². The van der Waals surface area contributed by atoms with Gasteiger partial charge in [0.05, 0.1) is 19.3 Å². The van der Waals surface area contributed by atoms with Gasteiger partial charge in [-0.3, -0.25) is 9.80 Å². The molecule has 116 valence electrons. The van der Waals surface area contributed by atoms with Crippen LogP contribution in [-0.4, -0.2) is 86.6 Å². The Kier molecular flexibility index (Phi) is 4.88. The van der Waals surface area contributed by atoms with E-state index in [0.29, 0.717) is 12.6 Å². The Morgan fingerprint density at radius 3 is 2.35 bits per heavy atom. The molecule has 3 aliphatic rings. The molecule has 6 heteroatoms. The molecule has 3 saturated heterocycles. The lowest BCUT2D eigenvalue weighted by molar-refractivity contribution is -0.0138. The summed E-state index contributed by atoms with van der Waals surface area (Å²) in [4.78, 5) is 4.82. The molecule has 3 rings (SSSR count). The fourth-order valence-electron chi connectivity index (χ4n) is 3.89. The normalized spacial score (nSPS) is 39.0. The minimum absolute atomic E-state index is 0.0845. The van der Waals surface area contributed by atoms with E-state index in [1.807, 2.05) is 0 Å². The summed E-state index contributed by atoms with van der Waals surface area (Å²) in [6.45, 7) is 6.92. The smallest absolute Gasteiger partial charge is 0.129 e. The van der Waals surface area contributed by atoms with Crippen LogP contribution >= 0.6 is 0 Å². The van der Waals surface area contributed by atoms with Crippen molar-refractivity contribution in [3.05, 3.63) is 0 Å². The topological polar surface area (TPSA) is 53.8 Å². The summed E-state index contributed by atoms with van der Waals surface area (Å²) in [7, 11) is 0. The highest BCUT2D eigenvalue weighted by atomic mass is 19.1. The number of halogens is 1. The third-order valence-corrected chi connectivity index (χ3v) is 5.01. The van der Waals surface area contributed by atoms with E-state index in [4.69, 9.17) is 10.5 Å². The van der Waals surface area contributed by atoms with Gasteiger partial charge < -0.3 is 15.8 Å². The first-order valence-electron chi connectivity index (χ1n) is 7.92. The third kappa shape index (κ3) is 3.14. The van der Waals surface area contributed by atoms with E-state index in [2.05, 4.69) is 15.1 Å². The molecule has 5 nitrogen and oxygen atoms in total. The first kappa shape index (κ1) is 14.7. The predicted molar refractivity (Wildman–Crippen MR) is 76.5 cm³/mol. The van der Waals surface area contributed by atoms with Crippen LogP contribution in [0.5, 0.6) is 0 Å². The summed E-state index contributed by atoms with van der Waals surface area (Å²) in [5.74, 6) is 0. The van der Waals surface area contributed by atoms with Gasteiger partial charge in [0, 0.05) is 51.4 Å². The third-order valence-electron chi connectivity index (χ3n) is 5.01. The molecule has 0 aromatic carbocycles. The van der Waals surface area contributed by atoms with Crippen molar-refractivity contribution < 1.29 is 9.13 Å². The van der Waals surface area contributed by atoms with Crippen LogP contribution in [0.15, 0.2) is 0 Å². The number of ether oxygens (including phenoxy) is 1. The van der Waals surface area contributed by atoms with E-state index in [-0.39, 0.29) is 12.1 Å². The molecule has 0 radical (unpaired) electrons. The average molecular weight is 286 g/mol. The van der Waals surface area contributed by atoms with Crippen LogP contribution in [0.3, 0.4) is 0 Å². The summed E-state index contributed by atoms with van der Waals surface area (Å²) >= 11 is 0. The number of morpholine rings is 1. The van der Waals surface area contributed by atoms with Crippen LogP contribution in [0.25, 0.3) is 0 Å². The van der Waals surface area contributed by atoms with Gasteiger partial charge in [0.25, 0.3) is 0 Å². The van der Waals surface area contributed by atoms with Crippen LogP contribution in [0.4, 0.5) is 4.39 Å². The van der Waals surface area contributed by atoms with Crippen LogP contribution < -0.4 is 11.1 Å². The Hall–Kier alpha value is -0.270. The molecule has 0 aliphatic carbocycles. The number of nitrogens with zero attached hydrogens (tertiary/aromatic N) is 2. The zero-order valence-electron chi connectivity index (χ0n) is 12.1. The van der Waals surface area contributed by atoms with Crippen LogP contribution in [-0.2, 0) is 4.74 Å². The van der Waals surface area contributed by atoms with Crippen molar-refractivity contribution in [3.8, 4) is 0 Å². The van der Waals surface area contributed by atoms with Gasteiger partial charge in [-0.05, 0) is 12.8 Å². The van der Waals surface area contributed by atoms with Crippen molar-refractivity contribution in [3.63, 3.8) is 0 Å². The zero-order chi connectivity index (χ0) is 13.9. The number of nitrogens with two attached hydrogens (primary N) is 1. The Balaban J connectivity index is 1.52. The molecule has 3 N–H and O–H groups in total. The molecule has 0 bridgehead atoms. The minimum Gasteiger partial charge on any atom is -0.379 e. The van der Waals surface area contributed by atoms with Gasteiger partial charge in [-0.25, -0.2) is 4.39 Å². The predicted octanol–water partition coefficient (Wildman–Crippen LogP) is -0.580. The van der Waals surface area contributed by atoms with Crippen LogP contribution in [0.1, 0.15) is 12.8 Å². The van der Waals surface area contributed by atoms with E-state index in [1.54, 1.807) is 0 Å². The Morgan fingerprint density at radius 2 is 1.70 bits per heavy atom. The van der Waals surface area contributed by atoms with Gasteiger partial charge in [0.2, 0.25) is 0 Å². The number of nitrogens with one attached hydrogen (secondary N) is 1. The zero-order valence-corrected chi connectivity index (χ0v) is 12.1. The van der Waals surface area contributed by atoms with Gasteiger partial charge >= 0.3 is 0 Å². The monoisotopic (exact) mass is 286 g/mol. The molecule has 0 aromatic heterocycles. The first-order chi connectivity index (χ1) is 9.75. The van der Waals surface area contributed by atoms with Crippen molar-refractivity contribution in [1.82, 2.24) is 15.1 Å². The molecule has 3 heterocycles. The lowest BCUT2D eigenvalue weighted by atomic mass is 9.94. The number of alkyl halides is 1. The summed E-state index contributed by atoms with van der Waals surface area (Å²) < 4.78 is 19.5. The maximum atomic E-state index is 14.1. The molecule has 0 saturated carbocycles. The molecule has 20 heavy (non-hydrogen) atoms. The Labute approximate surface area is 120 Å². The summed E-state index contributed by atoms with van der Waals surface area (Å²) in [5.41, 5.74) is 6.11. The fraction of sp³-hybridized carbons (Fsp3) is 1.00. The highest BCUT2D eigenvalue weighted by molar-refractivity contribution is 4.96. The van der Waals surface area contributed by atoms with Crippen molar-refractivity contribution in [2.75, 3.05) is 52.5 Å². The van der Waals surface area contributed by atoms with E-state index < -0.39 is 6.17 Å². The SMILES string of the molecule is NC1CNCC(F)C1N1CCC(N2CCOCC2)CC1. The first-order valence-corrected chi connectivity index (χ1v) is 7.92. The number of likely N-dealkylation sites (tertiary alicyclic amines) is 1.